The maximum absolute atomic E-state index is 13.9. The summed E-state index contributed by atoms with van der Waals surface area (Å²) in [7, 11) is 3.17. The van der Waals surface area contributed by atoms with Crippen LogP contribution in [0.25, 0.3) is 22.8 Å². The van der Waals surface area contributed by atoms with Crippen LogP contribution in [-0.4, -0.2) is 96.7 Å². The van der Waals surface area contributed by atoms with Crippen LogP contribution in [0.5, 0.6) is 11.5 Å². The van der Waals surface area contributed by atoms with Crippen LogP contribution in [0.15, 0.2) is 146 Å². The van der Waals surface area contributed by atoms with Crippen LogP contribution in [0, 0.1) is 0 Å². The van der Waals surface area contributed by atoms with Crippen molar-refractivity contribution in [2.24, 2.45) is 0 Å². The van der Waals surface area contributed by atoms with E-state index in [4.69, 9.17) is 36.3 Å². The fourth-order valence-electron chi connectivity index (χ4n) is 8.01. The molecule has 8 aromatic rings. The van der Waals surface area contributed by atoms with Gasteiger partial charge in [-0.15, -0.1) is 0 Å². The average molecular weight is 1080 g/mol. The van der Waals surface area contributed by atoms with Crippen LogP contribution in [0.4, 0.5) is 77.7 Å². The molecule has 2 saturated heterocycles. The molecule has 2 fully saturated rings. The molecule has 4 aromatic carbocycles. The van der Waals surface area contributed by atoms with Gasteiger partial charge in [0.15, 0.2) is 11.6 Å². The molecule has 77 heavy (non-hydrogen) atoms. The molecule has 5 N–H and O–H groups in total. The van der Waals surface area contributed by atoms with Crippen LogP contribution in [0.3, 0.4) is 0 Å². The molecule has 0 unspecified atom stereocenters. The van der Waals surface area contributed by atoms with Crippen molar-refractivity contribution >= 4 is 62.9 Å². The van der Waals surface area contributed by atoms with Gasteiger partial charge in [-0.2, -0.15) is 26.3 Å². The Balaban J connectivity index is 0.000000170. The van der Waals surface area contributed by atoms with Gasteiger partial charge in [0, 0.05) is 115 Å². The van der Waals surface area contributed by atoms with E-state index in [1.165, 1.54) is 6.07 Å². The highest BCUT2D eigenvalue weighted by atomic mass is 35.5. The molecule has 10 rings (SSSR count). The number of alkyl halides is 6. The summed E-state index contributed by atoms with van der Waals surface area (Å²) in [5.41, 5.74) is 8.94. The van der Waals surface area contributed by atoms with E-state index < -0.39 is 23.5 Å². The number of nitrogens with zero attached hydrogens (tertiary/aromatic N) is 8. The Bertz CT molecular complexity index is 3210. The van der Waals surface area contributed by atoms with Crippen LogP contribution < -0.4 is 41.0 Å². The van der Waals surface area contributed by atoms with Gasteiger partial charge in [0.2, 0.25) is 0 Å². The summed E-state index contributed by atoms with van der Waals surface area (Å²) in [6.07, 6.45) is -1.40. The van der Waals surface area contributed by atoms with Gasteiger partial charge in [-0.3, -0.25) is 0 Å². The number of rotatable bonds is 12. The second-order valence-corrected chi connectivity index (χ2v) is 17.2. The summed E-state index contributed by atoms with van der Waals surface area (Å²) in [6, 6.07) is 31.0. The zero-order valence-electron chi connectivity index (χ0n) is 41.4. The molecule has 0 bridgehead atoms. The topological polar surface area (TPSA) is 183 Å². The van der Waals surface area contributed by atoms with Crippen LogP contribution >= 0.6 is 11.6 Å². The number of hydrogen-bond acceptors (Lipinski definition) is 16. The Morgan fingerprint density at radius 1 is 0.506 bits per heavy atom. The molecule has 0 aliphatic carbocycles. The molecular weight excluding hydrogens is 1030 g/mol. The number of morpholine rings is 2. The van der Waals surface area contributed by atoms with Gasteiger partial charge in [-0.05, 0) is 66.7 Å². The summed E-state index contributed by atoms with van der Waals surface area (Å²) in [6.45, 7) is 6.24. The first kappa shape index (κ1) is 54.8. The van der Waals surface area contributed by atoms with Crippen molar-refractivity contribution in [2.45, 2.75) is 12.4 Å². The highest BCUT2D eigenvalue weighted by Crippen LogP contribution is 2.41. The molecule has 400 valence electrons. The second-order valence-electron chi connectivity index (χ2n) is 16.8. The van der Waals surface area contributed by atoms with Gasteiger partial charge in [0.05, 0.1) is 74.5 Å². The van der Waals surface area contributed by atoms with Crippen molar-refractivity contribution in [2.75, 3.05) is 98.3 Å². The second kappa shape index (κ2) is 25.4. The lowest BCUT2D eigenvalue weighted by atomic mass is 10.1. The van der Waals surface area contributed by atoms with Crippen molar-refractivity contribution in [3.63, 3.8) is 0 Å². The summed E-state index contributed by atoms with van der Waals surface area (Å²) in [4.78, 5) is 28.7. The Labute approximate surface area is 444 Å². The van der Waals surface area contributed by atoms with Crippen LogP contribution in [-0.2, 0) is 21.8 Å². The quantitative estimate of drug-likeness (QED) is 0.0514. The van der Waals surface area contributed by atoms with Gasteiger partial charge < -0.3 is 50.4 Å². The number of nitrogen functional groups attached to an aromatic ring is 1. The molecule has 0 spiro atoms. The maximum Gasteiger partial charge on any atom is 0.419 e. The molecule has 0 radical (unpaired) electrons. The number of halogens is 7. The lowest BCUT2D eigenvalue weighted by Crippen LogP contribution is -2.36. The Morgan fingerprint density at radius 3 is 1.45 bits per heavy atom. The van der Waals surface area contributed by atoms with Gasteiger partial charge in [0.25, 0.3) is 0 Å². The SMILES string of the molecule is COc1cc(N2CCOCC2)ccc1N.COc1cc(N2CCOCC2)ccc1Nc1cc(Nc2ccccc2-c2ncccn2)c(C(F)(F)F)cn1.FC(F)(F)c1cnc(Cl)cc1Nc1ccccc1-c1ncccn1. The zero-order valence-corrected chi connectivity index (χ0v) is 42.2. The number of para-hydroxylation sites is 2. The first-order chi connectivity index (χ1) is 37.2. The standard InChI is InChI=1S/C27H25F3N6O2.C16H10ClF3N4.C11H16N2O2/c1-37-24-15-18(36-11-13-38-14-12-36)7-8-22(24)35-25-16-23(20(17-33-25)27(28,29)30)34-21-6-3-2-5-19(21)26-31-9-4-10-32-26;17-14-8-13(11(9-23-14)16(18,19)20)24-12-5-2-1-4-10(12)15-21-6-3-7-22-15;1-14-11-8-9(2-3-10(11)12)13-4-6-15-7-5-13/h2-10,15-17H,11-14H2,1H3,(H2,33,34,35);1-9H,(H,23,24);2-3,8H,4-7,12H2,1H3. The first-order valence-corrected chi connectivity index (χ1v) is 24.2. The molecule has 4 aromatic heterocycles. The van der Waals surface area contributed by atoms with Crippen LogP contribution in [0.2, 0.25) is 5.15 Å². The number of methoxy groups -OCH3 is 2. The van der Waals surface area contributed by atoms with E-state index in [0.717, 1.165) is 68.8 Å². The number of pyridine rings is 2. The third-order valence-corrected chi connectivity index (χ3v) is 12.0. The molecule has 2 aliphatic rings. The number of hydrogen-bond donors (Lipinski definition) is 4. The fraction of sp³-hybridized carbons (Fsp3) is 0.222. The minimum Gasteiger partial charge on any atom is -0.495 e. The number of ether oxygens (including phenoxy) is 4. The Kier molecular flexibility index (Phi) is 18.1. The normalized spacial score (nSPS) is 13.5. The number of anilines is 9. The van der Waals surface area contributed by atoms with E-state index in [9.17, 15) is 26.3 Å². The van der Waals surface area contributed by atoms with Crippen molar-refractivity contribution < 1.29 is 45.3 Å². The average Bonchev–Trinajstić information content (AvgIpc) is 3.44. The molecule has 0 atom stereocenters. The molecular formula is C54H51ClF6N12O4. The molecule has 6 heterocycles. The molecule has 0 amide bonds. The lowest BCUT2D eigenvalue weighted by molar-refractivity contribution is -0.138. The van der Waals surface area contributed by atoms with E-state index in [2.05, 4.69) is 55.7 Å². The van der Waals surface area contributed by atoms with Crippen molar-refractivity contribution in [1.29, 1.82) is 0 Å². The number of nitrogens with two attached hydrogens (primary N) is 1. The van der Waals surface area contributed by atoms with Gasteiger partial charge in [-0.1, -0.05) is 35.9 Å². The number of nitrogens with one attached hydrogen (secondary N) is 3. The molecule has 2 aliphatic heterocycles. The van der Waals surface area contributed by atoms with Crippen molar-refractivity contribution in [1.82, 2.24) is 29.9 Å². The smallest absolute Gasteiger partial charge is 0.419 e. The third-order valence-electron chi connectivity index (χ3n) is 11.8. The zero-order chi connectivity index (χ0) is 54.4. The highest BCUT2D eigenvalue weighted by Gasteiger charge is 2.36. The van der Waals surface area contributed by atoms with E-state index in [1.807, 2.05) is 36.4 Å². The predicted molar refractivity (Wildman–Crippen MR) is 285 cm³/mol. The minimum absolute atomic E-state index is 0.0426. The largest absolute Gasteiger partial charge is 0.495 e. The monoisotopic (exact) mass is 1080 g/mol. The van der Waals surface area contributed by atoms with Gasteiger partial charge in [0.1, 0.15) is 22.5 Å². The Hall–Kier alpha value is -8.47. The third kappa shape index (κ3) is 14.5. The van der Waals surface area contributed by atoms with E-state index in [-0.39, 0.29) is 22.3 Å². The Morgan fingerprint density at radius 2 is 0.961 bits per heavy atom. The summed E-state index contributed by atoms with van der Waals surface area (Å²) < 4.78 is 103. The lowest BCUT2D eigenvalue weighted by Gasteiger charge is -2.29. The van der Waals surface area contributed by atoms with E-state index in [1.54, 1.807) is 99.7 Å². The number of benzene rings is 4. The summed E-state index contributed by atoms with van der Waals surface area (Å²) >= 11 is 5.75. The maximum atomic E-state index is 13.9. The van der Waals surface area contributed by atoms with Gasteiger partial charge >= 0.3 is 12.4 Å². The van der Waals surface area contributed by atoms with Crippen LogP contribution in [0.1, 0.15) is 11.1 Å². The molecule has 16 nitrogen and oxygen atoms in total. The molecule has 0 saturated carbocycles. The highest BCUT2D eigenvalue weighted by molar-refractivity contribution is 6.29. The molecule has 23 heteroatoms. The fourth-order valence-corrected chi connectivity index (χ4v) is 8.17. The van der Waals surface area contributed by atoms with E-state index in [0.29, 0.717) is 70.7 Å². The van der Waals surface area contributed by atoms with Gasteiger partial charge in [-0.25, -0.2) is 29.9 Å². The summed E-state index contributed by atoms with van der Waals surface area (Å²) in [5, 5.41) is 8.74. The predicted octanol–water partition coefficient (Wildman–Crippen LogP) is 12.0. The summed E-state index contributed by atoms with van der Waals surface area (Å²) in [5.74, 6) is 2.28. The van der Waals surface area contributed by atoms with Crippen molar-refractivity contribution in [3.05, 3.63) is 163 Å². The van der Waals surface area contributed by atoms with Crippen molar-refractivity contribution in [3.8, 4) is 34.3 Å². The first-order valence-electron chi connectivity index (χ1n) is 23.8. The van der Waals surface area contributed by atoms with E-state index >= 15 is 0 Å². The minimum atomic E-state index is -4.62. The number of aromatic nitrogens is 6.